The molecule has 0 radical (unpaired) electrons. The number of hydrogen-bond acceptors (Lipinski definition) is 7. The highest BCUT2D eigenvalue weighted by atomic mass is 16.6. The van der Waals surface area contributed by atoms with Gasteiger partial charge in [-0.1, -0.05) is 6.07 Å². The van der Waals surface area contributed by atoms with Crippen molar-refractivity contribution in [3.8, 4) is 11.5 Å². The van der Waals surface area contributed by atoms with E-state index in [4.69, 9.17) is 14.2 Å². The van der Waals surface area contributed by atoms with Crippen LogP contribution in [0.25, 0.3) is 6.08 Å². The number of ether oxygens (including phenoxy) is 3. The number of amides is 1. The number of hydrogen-bond donors (Lipinski definition) is 1. The molecule has 0 aromatic heterocycles. The van der Waals surface area contributed by atoms with Gasteiger partial charge in [-0.15, -0.1) is 0 Å². The Morgan fingerprint density at radius 2 is 1.83 bits per heavy atom. The van der Waals surface area contributed by atoms with E-state index in [0.717, 1.165) is 0 Å². The van der Waals surface area contributed by atoms with Gasteiger partial charge in [0, 0.05) is 23.9 Å². The lowest BCUT2D eigenvalue weighted by atomic mass is 10.2. The Labute approximate surface area is 173 Å². The highest BCUT2D eigenvalue weighted by molar-refractivity contribution is 5.94. The van der Waals surface area contributed by atoms with Gasteiger partial charge in [-0.25, -0.2) is 4.79 Å². The standard InChI is InChI=1S/C21H22N2O7/c1-14(2)30-18-10-4-15(12-19(18)28-3)5-11-21(25)29-13-20(24)22-16-6-8-17(9-7-16)23(26)27/h4-12,14H,13H2,1-3H3,(H,22,24)/b11-5+. The summed E-state index contributed by atoms with van der Waals surface area (Å²) in [6, 6.07) is 10.5. The van der Waals surface area contributed by atoms with Crippen LogP contribution in [0.5, 0.6) is 11.5 Å². The van der Waals surface area contributed by atoms with E-state index in [2.05, 4.69) is 5.32 Å². The molecule has 2 aromatic carbocycles. The quantitative estimate of drug-likeness (QED) is 0.288. The van der Waals surface area contributed by atoms with Crippen molar-refractivity contribution in [2.24, 2.45) is 0 Å². The minimum atomic E-state index is -0.699. The van der Waals surface area contributed by atoms with Gasteiger partial charge in [-0.2, -0.15) is 0 Å². The zero-order valence-corrected chi connectivity index (χ0v) is 16.8. The molecule has 2 aromatic rings. The molecule has 1 amide bonds. The minimum Gasteiger partial charge on any atom is -0.493 e. The summed E-state index contributed by atoms with van der Waals surface area (Å²) in [5.74, 6) is -0.144. The van der Waals surface area contributed by atoms with Gasteiger partial charge in [0.2, 0.25) is 0 Å². The zero-order valence-electron chi connectivity index (χ0n) is 16.8. The van der Waals surface area contributed by atoms with Crippen LogP contribution in [0.4, 0.5) is 11.4 Å². The first kappa shape index (κ1) is 22.4. The molecule has 0 saturated heterocycles. The van der Waals surface area contributed by atoms with Gasteiger partial charge in [0.15, 0.2) is 18.1 Å². The van der Waals surface area contributed by atoms with E-state index in [-0.39, 0.29) is 11.8 Å². The maximum atomic E-state index is 11.8. The van der Waals surface area contributed by atoms with Gasteiger partial charge in [-0.05, 0) is 49.8 Å². The first-order chi connectivity index (χ1) is 14.3. The van der Waals surface area contributed by atoms with Crippen molar-refractivity contribution in [1.82, 2.24) is 0 Å². The van der Waals surface area contributed by atoms with Crippen molar-refractivity contribution in [3.63, 3.8) is 0 Å². The van der Waals surface area contributed by atoms with Gasteiger partial charge in [-0.3, -0.25) is 14.9 Å². The fraction of sp³-hybridized carbons (Fsp3) is 0.238. The van der Waals surface area contributed by atoms with Crippen LogP contribution in [0.15, 0.2) is 48.5 Å². The highest BCUT2D eigenvalue weighted by Crippen LogP contribution is 2.29. The van der Waals surface area contributed by atoms with Crippen LogP contribution in [0.1, 0.15) is 19.4 Å². The Morgan fingerprint density at radius 3 is 2.43 bits per heavy atom. The maximum Gasteiger partial charge on any atom is 0.331 e. The van der Waals surface area contributed by atoms with Crippen molar-refractivity contribution >= 4 is 29.3 Å². The van der Waals surface area contributed by atoms with E-state index in [1.807, 2.05) is 13.8 Å². The molecular weight excluding hydrogens is 392 g/mol. The van der Waals surface area contributed by atoms with Crippen LogP contribution in [-0.2, 0) is 14.3 Å². The molecule has 0 aliphatic carbocycles. The molecule has 0 fully saturated rings. The number of carbonyl (C=O) groups excluding carboxylic acids is 2. The molecule has 1 N–H and O–H groups in total. The van der Waals surface area contributed by atoms with Crippen molar-refractivity contribution in [3.05, 3.63) is 64.2 Å². The summed E-state index contributed by atoms with van der Waals surface area (Å²) < 4.78 is 15.8. The molecule has 9 heteroatoms. The van der Waals surface area contributed by atoms with E-state index >= 15 is 0 Å². The second-order valence-electron chi connectivity index (χ2n) is 6.37. The van der Waals surface area contributed by atoms with Crippen molar-refractivity contribution in [2.75, 3.05) is 19.0 Å². The Hall–Kier alpha value is -3.88. The summed E-state index contributed by atoms with van der Waals surface area (Å²) in [5.41, 5.74) is 0.952. The predicted molar refractivity (Wildman–Crippen MR) is 110 cm³/mol. The molecule has 0 aliphatic heterocycles. The number of nitro benzene ring substituents is 1. The van der Waals surface area contributed by atoms with Crippen LogP contribution in [0.2, 0.25) is 0 Å². The Balaban J connectivity index is 1.87. The molecule has 0 saturated carbocycles. The van der Waals surface area contributed by atoms with Crippen molar-refractivity contribution in [1.29, 1.82) is 0 Å². The van der Waals surface area contributed by atoms with Gasteiger partial charge >= 0.3 is 5.97 Å². The number of nitrogens with zero attached hydrogens (tertiary/aromatic N) is 1. The van der Waals surface area contributed by atoms with Gasteiger partial charge < -0.3 is 19.5 Å². The van der Waals surface area contributed by atoms with Crippen LogP contribution < -0.4 is 14.8 Å². The first-order valence-electron chi connectivity index (χ1n) is 9.02. The minimum absolute atomic E-state index is 0.00702. The van der Waals surface area contributed by atoms with E-state index in [9.17, 15) is 19.7 Å². The number of methoxy groups -OCH3 is 1. The molecule has 158 valence electrons. The van der Waals surface area contributed by atoms with Gasteiger partial charge in [0.1, 0.15) is 0 Å². The lowest BCUT2D eigenvalue weighted by Crippen LogP contribution is -2.20. The number of nitro groups is 1. The second-order valence-corrected chi connectivity index (χ2v) is 6.37. The molecule has 0 bridgehead atoms. The molecule has 0 atom stereocenters. The predicted octanol–water partition coefficient (Wildman–Crippen LogP) is 3.59. The largest absolute Gasteiger partial charge is 0.493 e. The monoisotopic (exact) mass is 414 g/mol. The van der Waals surface area contributed by atoms with Crippen LogP contribution in [-0.4, -0.2) is 36.6 Å². The van der Waals surface area contributed by atoms with Crippen LogP contribution in [0, 0.1) is 10.1 Å². The van der Waals surface area contributed by atoms with Crippen LogP contribution in [0.3, 0.4) is 0 Å². The number of carbonyl (C=O) groups is 2. The van der Waals surface area contributed by atoms with E-state index in [0.29, 0.717) is 22.7 Å². The topological polar surface area (TPSA) is 117 Å². The average molecular weight is 414 g/mol. The number of nitrogens with one attached hydrogen (secondary N) is 1. The third kappa shape index (κ3) is 6.93. The summed E-state index contributed by atoms with van der Waals surface area (Å²) in [4.78, 5) is 33.8. The normalized spacial score (nSPS) is 10.7. The molecule has 0 aliphatic rings. The van der Waals surface area contributed by atoms with E-state index < -0.39 is 23.4 Å². The fourth-order valence-corrected chi connectivity index (χ4v) is 2.35. The van der Waals surface area contributed by atoms with E-state index in [1.165, 1.54) is 43.5 Å². The molecule has 0 heterocycles. The summed E-state index contributed by atoms with van der Waals surface area (Å²) in [5, 5.41) is 13.1. The van der Waals surface area contributed by atoms with Crippen molar-refractivity contribution in [2.45, 2.75) is 20.0 Å². The third-order valence-corrected chi connectivity index (χ3v) is 3.67. The Morgan fingerprint density at radius 1 is 1.13 bits per heavy atom. The number of rotatable bonds is 9. The highest BCUT2D eigenvalue weighted by Gasteiger charge is 2.09. The first-order valence-corrected chi connectivity index (χ1v) is 9.02. The molecule has 9 nitrogen and oxygen atoms in total. The number of benzene rings is 2. The summed E-state index contributed by atoms with van der Waals surface area (Å²) in [7, 11) is 1.52. The lowest BCUT2D eigenvalue weighted by Gasteiger charge is -2.13. The van der Waals surface area contributed by atoms with Gasteiger partial charge in [0.05, 0.1) is 18.1 Å². The number of esters is 1. The molecule has 2 rings (SSSR count). The lowest BCUT2D eigenvalue weighted by molar-refractivity contribution is -0.384. The average Bonchev–Trinajstić information content (AvgIpc) is 2.71. The Kier molecular flexibility index (Phi) is 7.92. The van der Waals surface area contributed by atoms with E-state index in [1.54, 1.807) is 18.2 Å². The number of non-ortho nitro benzene ring substituents is 1. The van der Waals surface area contributed by atoms with Gasteiger partial charge in [0.25, 0.3) is 11.6 Å². The molecule has 0 spiro atoms. The maximum absolute atomic E-state index is 11.8. The third-order valence-electron chi connectivity index (χ3n) is 3.67. The molecular formula is C21H22N2O7. The molecule has 0 unspecified atom stereocenters. The smallest absolute Gasteiger partial charge is 0.331 e. The van der Waals surface area contributed by atoms with Crippen molar-refractivity contribution < 1.29 is 28.7 Å². The SMILES string of the molecule is COc1cc(/C=C/C(=O)OCC(=O)Nc2ccc([N+](=O)[O-])cc2)ccc1OC(C)C. The van der Waals surface area contributed by atoms with Crippen LogP contribution >= 0.6 is 0 Å². The Bertz CT molecular complexity index is 937. The summed E-state index contributed by atoms with van der Waals surface area (Å²) >= 11 is 0. The summed E-state index contributed by atoms with van der Waals surface area (Å²) in [6.45, 7) is 3.31. The zero-order chi connectivity index (χ0) is 22.1. The summed E-state index contributed by atoms with van der Waals surface area (Å²) in [6.07, 6.45) is 2.71. The fourth-order valence-electron chi connectivity index (χ4n) is 2.35. The number of anilines is 1. The molecule has 30 heavy (non-hydrogen) atoms. The second kappa shape index (κ2) is 10.6.